The molecule has 2 aliphatic heterocycles. The number of carbonyl (C=O) groups excluding carboxylic acids is 1. The zero-order valence-corrected chi connectivity index (χ0v) is 13.4. The maximum Gasteiger partial charge on any atom is 0.230 e. The maximum absolute atomic E-state index is 12.6. The third-order valence-electron chi connectivity index (χ3n) is 4.55. The van der Waals surface area contributed by atoms with Gasteiger partial charge in [0.1, 0.15) is 5.82 Å². The van der Waals surface area contributed by atoms with Gasteiger partial charge in [0.05, 0.1) is 18.1 Å². The number of morpholine rings is 1. The van der Waals surface area contributed by atoms with Gasteiger partial charge in [0, 0.05) is 51.0 Å². The van der Waals surface area contributed by atoms with E-state index < -0.39 is 0 Å². The van der Waals surface area contributed by atoms with Crippen molar-refractivity contribution < 1.29 is 14.3 Å². The predicted molar refractivity (Wildman–Crippen MR) is 81.6 cm³/mol. The van der Waals surface area contributed by atoms with E-state index in [1.807, 2.05) is 18.0 Å². The van der Waals surface area contributed by atoms with Crippen molar-refractivity contribution in [2.24, 2.45) is 0 Å². The summed E-state index contributed by atoms with van der Waals surface area (Å²) in [6.45, 7) is 6.86. The Kier molecular flexibility index (Phi) is 4.49. The second-order valence-corrected chi connectivity index (χ2v) is 6.38. The Balaban J connectivity index is 1.65. The number of aromatic nitrogens is 2. The van der Waals surface area contributed by atoms with Gasteiger partial charge in [-0.05, 0) is 13.3 Å². The molecular weight excluding hydrogens is 282 g/mol. The molecule has 3 heterocycles. The number of ether oxygens (including phenoxy) is 2. The Morgan fingerprint density at radius 1 is 1.50 bits per heavy atom. The molecule has 1 N–H and O–H groups in total. The highest BCUT2D eigenvalue weighted by Gasteiger charge is 2.42. The van der Waals surface area contributed by atoms with Crippen LogP contribution >= 0.6 is 0 Å². The number of H-pyrrole nitrogens is 1. The van der Waals surface area contributed by atoms with Crippen LogP contribution in [0.3, 0.4) is 0 Å². The number of aromatic amines is 1. The van der Waals surface area contributed by atoms with Gasteiger partial charge in [0.25, 0.3) is 0 Å². The van der Waals surface area contributed by atoms with E-state index in [1.165, 1.54) is 0 Å². The third-order valence-corrected chi connectivity index (χ3v) is 4.55. The van der Waals surface area contributed by atoms with E-state index in [-0.39, 0.29) is 17.6 Å². The number of rotatable bonds is 3. The van der Waals surface area contributed by atoms with E-state index in [4.69, 9.17) is 9.47 Å². The first kappa shape index (κ1) is 15.5. The fourth-order valence-electron chi connectivity index (χ4n) is 3.36. The Hall–Kier alpha value is -1.40. The van der Waals surface area contributed by atoms with Crippen LogP contribution < -0.4 is 0 Å². The largest absolute Gasteiger partial charge is 0.381 e. The van der Waals surface area contributed by atoms with Gasteiger partial charge in [-0.25, -0.2) is 4.98 Å². The topological polar surface area (TPSA) is 67.5 Å². The molecule has 6 nitrogen and oxygen atoms in total. The van der Waals surface area contributed by atoms with Gasteiger partial charge in [0.2, 0.25) is 5.91 Å². The molecule has 0 radical (unpaired) electrons. The van der Waals surface area contributed by atoms with E-state index >= 15 is 0 Å². The smallest absolute Gasteiger partial charge is 0.230 e. The zero-order chi connectivity index (χ0) is 15.6. The molecule has 0 bridgehead atoms. The van der Waals surface area contributed by atoms with E-state index in [2.05, 4.69) is 16.9 Å². The van der Waals surface area contributed by atoms with Crippen molar-refractivity contribution in [1.82, 2.24) is 14.9 Å². The van der Waals surface area contributed by atoms with Gasteiger partial charge in [-0.3, -0.25) is 4.79 Å². The van der Waals surface area contributed by atoms with Crippen LogP contribution in [0.4, 0.5) is 0 Å². The monoisotopic (exact) mass is 307 g/mol. The number of hydrogen-bond donors (Lipinski definition) is 1. The predicted octanol–water partition coefficient (Wildman–Crippen LogP) is 1.31. The second-order valence-electron chi connectivity index (χ2n) is 6.38. The molecule has 1 aromatic heterocycles. The highest BCUT2D eigenvalue weighted by atomic mass is 16.5. The molecule has 22 heavy (non-hydrogen) atoms. The van der Waals surface area contributed by atoms with Crippen molar-refractivity contribution in [3.05, 3.63) is 17.7 Å². The molecule has 2 aliphatic rings. The number of carbonyl (C=O) groups is 1. The van der Waals surface area contributed by atoms with E-state index in [0.717, 1.165) is 30.8 Å². The van der Waals surface area contributed by atoms with Crippen molar-refractivity contribution in [3.63, 3.8) is 0 Å². The average Bonchev–Trinajstić information content (AvgIpc) is 2.95. The van der Waals surface area contributed by atoms with Gasteiger partial charge >= 0.3 is 0 Å². The van der Waals surface area contributed by atoms with Crippen LogP contribution in [0.5, 0.6) is 0 Å². The van der Waals surface area contributed by atoms with Crippen molar-refractivity contribution >= 4 is 5.91 Å². The summed E-state index contributed by atoms with van der Waals surface area (Å²) in [6.07, 6.45) is 4.84. The summed E-state index contributed by atoms with van der Waals surface area (Å²) in [5, 5.41) is 0. The summed E-state index contributed by atoms with van der Waals surface area (Å²) in [6, 6.07) is 0. The molecule has 0 aliphatic carbocycles. The Morgan fingerprint density at radius 2 is 2.27 bits per heavy atom. The van der Waals surface area contributed by atoms with E-state index in [9.17, 15) is 4.79 Å². The zero-order valence-electron chi connectivity index (χ0n) is 13.4. The van der Waals surface area contributed by atoms with Crippen molar-refractivity contribution in [3.8, 4) is 0 Å². The fraction of sp³-hybridized carbons (Fsp3) is 0.750. The fourth-order valence-corrected chi connectivity index (χ4v) is 3.36. The summed E-state index contributed by atoms with van der Waals surface area (Å²) >= 11 is 0. The second kappa shape index (κ2) is 6.38. The van der Waals surface area contributed by atoms with E-state index in [1.54, 1.807) is 0 Å². The molecule has 2 fully saturated rings. The SMILES string of the molecule is CCc1cnc(CC(=O)N2CC(C)OC3(CCOCC3)C2)[nH]1. The van der Waals surface area contributed by atoms with Gasteiger partial charge < -0.3 is 19.4 Å². The van der Waals surface area contributed by atoms with Gasteiger partial charge in [-0.1, -0.05) is 6.92 Å². The minimum atomic E-state index is -0.219. The Bertz CT molecular complexity index is 522. The lowest BCUT2D eigenvalue weighted by Crippen LogP contribution is -2.58. The number of hydrogen-bond acceptors (Lipinski definition) is 4. The standard InChI is InChI=1S/C16H25N3O3/c1-3-13-9-17-14(18-13)8-15(20)19-10-12(2)22-16(11-19)4-6-21-7-5-16/h9,12H,3-8,10-11H2,1-2H3,(H,17,18). The van der Waals surface area contributed by atoms with Gasteiger partial charge in [-0.15, -0.1) is 0 Å². The van der Waals surface area contributed by atoms with Gasteiger partial charge in [-0.2, -0.15) is 0 Å². The van der Waals surface area contributed by atoms with Crippen LogP contribution in [0.15, 0.2) is 6.20 Å². The molecule has 0 aromatic carbocycles. The lowest BCUT2D eigenvalue weighted by Gasteiger charge is -2.47. The normalized spacial score (nSPS) is 24.6. The molecule has 1 atom stereocenters. The highest BCUT2D eigenvalue weighted by Crippen LogP contribution is 2.31. The van der Waals surface area contributed by atoms with Crippen LogP contribution in [0.1, 0.15) is 38.2 Å². The summed E-state index contributed by atoms with van der Waals surface area (Å²) in [5.74, 6) is 0.875. The number of nitrogens with zero attached hydrogens (tertiary/aromatic N) is 2. The minimum absolute atomic E-state index is 0.0682. The lowest BCUT2D eigenvalue weighted by molar-refractivity contribution is -0.189. The Labute approximate surface area is 131 Å². The summed E-state index contributed by atoms with van der Waals surface area (Å²) in [7, 11) is 0. The lowest BCUT2D eigenvalue weighted by atomic mass is 9.91. The number of aryl methyl sites for hydroxylation is 1. The van der Waals surface area contributed by atoms with Crippen LogP contribution in [-0.4, -0.2) is 58.8 Å². The number of amides is 1. The third kappa shape index (κ3) is 3.33. The molecule has 3 rings (SSSR count). The molecule has 0 saturated carbocycles. The quantitative estimate of drug-likeness (QED) is 0.914. The summed E-state index contributed by atoms with van der Waals surface area (Å²) in [4.78, 5) is 22.0. The van der Waals surface area contributed by atoms with Crippen molar-refractivity contribution in [2.75, 3.05) is 26.3 Å². The maximum atomic E-state index is 12.6. The van der Waals surface area contributed by atoms with Crippen LogP contribution in [-0.2, 0) is 27.1 Å². The van der Waals surface area contributed by atoms with Crippen LogP contribution in [0, 0.1) is 0 Å². The highest BCUT2D eigenvalue weighted by molar-refractivity contribution is 5.78. The minimum Gasteiger partial charge on any atom is -0.381 e. The molecule has 1 spiro atoms. The summed E-state index contributed by atoms with van der Waals surface area (Å²) in [5.41, 5.74) is 0.850. The summed E-state index contributed by atoms with van der Waals surface area (Å²) < 4.78 is 11.6. The molecule has 122 valence electrons. The molecule has 1 unspecified atom stereocenters. The first-order valence-corrected chi connectivity index (χ1v) is 8.16. The van der Waals surface area contributed by atoms with Crippen molar-refractivity contribution in [1.29, 1.82) is 0 Å². The number of nitrogens with one attached hydrogen (secondary N) is 1. The number of imidazole rings is 1. The van der Waals surface area contributed by atoms with Crippen LogP contribution in [0.25, 0.3) is 0 Å². The first-order valence-electron chi connectivity index (χ1n) is 8.16. The van der Waals surface area contributed by atoms with E-state index in [0.29, 0.717) is 32.7 Å². The molecule has 1 aromatic rings. The Morgan fingerprint density at radius 3 is 2.95 bits per heavy atom. The first-order chi connectivity index (χ1) is 10.6. The molecule has 2 saturated heterocycles. The van der Waals surface area contributed by atoms with Gasteiger partial charge in [0.15, 0.2) is 0 Å². The molecule has 6 heteroatoms. The average molecular weight is 307 g/mol. The van der Waals surface area contributed by atoms with Crippen LogP contribution in [0.2, 0.25) is 0 Å². The molecule has 1 amide bonds. The molecular formula is C16H25N3O3. The van der Waals surface area contributed by atoms with Crippen molar-refractivity contribution in [2.45, 2.75) is 51.2 Å².